The second-order valence-electron chi connectivity index (χ2n) is 5.21. The lowest BCUT2D eigenvalue weighted by atomic mass is 9.96. The van der Waals surface area contributed by atoms with Crippen molar-refractivity contribution >= 4 is 23.3 Å². The van der Waals surface area contributed by atoms with E-state index in [0.29, 0.717) is 10.9 Å². The van der Waals surface area contributed by atoms with E-state index in [1.807, 2.05) is 19.2 Å². The Morgan fingerprint density at radius 1 is 1.45 bits per heavy atom. The minimum atomic E-state index is -0.0978. The number of hydrogen-bond acceptors (Lipinski definition) is 2. The topological polar surface area (TPSA) is 41.6 Å². The Morgan fingerprint density at radius 2 is 2.20 bits per heavy atom. The number of anilines is 1. The molecule has 0 spiro atoms. The van der Waals surface area contributed by atoms with Crippen LogP contribution in [0.5, 0.6) is 0 Å². The van der Waals surface area contributed by atoms with E-state index < -0.39 is 0 Å². The number of nitrogens with zero attached hydrogens (tertiary/aromatic N) is 1. The van der Waals surface area contributed by atoms with E-state index in [-0.39, 0.29) is 6.03 Å². The lowest BCUT2D eigenvalue weighted by Gasteiger charge is -2.25. The zero-order valence-electron chi connectivity index (χ0n) is 11.8. The van der Waals surface area contributed by atoms with E-state index in [0.717, 1.165) is 44.7 Å². The van der Waals surface area contributed by atoms with Gasteiger partial charge in [0.2, 0.25) is 0 Å². The van der Waals surface area contributed by atoms with Gasteiger partial charge in [0.05, 0.1) is 0 Å². The third-order valence-corrected chi connectivity index (χ3v) is 3.87. The van der Waals surface area contributed by atoms with E-state index in [1.54, 1.807) is 17.0 Å². The summed E-state index contributed by atoms with van der Waals surface area (Å²) >= 11 is 5.89. The number of carbonyl (C=O) groups is 1. The molecule has 2 amide bonds. The van der Waals surface area contributed by atoms with Gasteiger partial charge in [0.1, 0.15) is 0 Å². The lowest BCUT2D eigenvalue weighted by molar-refractivity contribution is 0.0621. The van der Waals surface area contributed by atoms with Gasteiger partial charge in [-0.25, -0.2) is 4.79 Å². The van der Waals surface area contributed by atoms with Crippen LogP contribution < -0.4 is 5.32 Å². The normalized spacial score (nSPS) is 15.9. The van der Waals surface area contributed by atoms with Crippen molar-refractivity contribution in [3.63, 3.8) is 0 Å². The fourth-order valence-corrected chi connectivity index (χ4v) is 2.49. The molecule has 1 aromatic carbocycles. The van der Waals surface area contributed by atoms with Crippen LogP contribution in [0.3, 0.4) is 0 Å². The Kier molecular flexibility index (Phi) is 5.68. The standard InChI is InChI=1S/C15H21ClN2O2/c1-18(8-5-12-6-9-20-10-7-12)15(19)17-14-4-2-3-13(16)11-14/h2-4,11-12H,5-10H2,1H3,(H,17,19). The van der Waals surface area contributed by atoms with E-state index in [9.17, 15) is 4.79 Å². The minimum absolute atomic E-state index is 0.0978. The van der Waals surface area contributed by atoms with Gasteiger partial charge in [0.15, 0.2) is 0 Å². The molecule has 5 heteroatoms. The first kappa shape index (κ1) is 15.1. The molecule has 1 heterocycles. The summed E-state index contributed by atoms with van der Waals surface area (Å²) in [5.41, 5.74) is 0.723. The predicted molar refractivity (Wildman–Crippen MR) is 81.3 cm³/mol. The summed E-state index contributed by atoms with van der Waals surface area (Å²) in [4.78, 5) is 13.8. The summed E-state index contributed by atoms with van der Waals surface area (Å²) < 4.78 is 5.34. The molecule has 0 aromatic heterocycles. The number of ether oxygens (including phenoxy) is 1. The van der Waals surface area contributed by atoms with Crippen molar-refractivity contribution in [2.24, 2.45) is 5.92 Å². The van der Waals surface area contributed by atoms with Gasteiger partial charge in [-0.2, -0.15) is 0 Å². The highest BCUT2D eigenvalue weighted by Crippen LogP contribution is 2.19. The number of amides is 2. The molecule has 0 saturated carbocycles. The average Bonchev–Trinajstić information content (AvgIpc) is 2.46. The molecule has 0 aliphatic carbocycles. The van der Waals surface area contributed by atoms with Gasteiger partial charge < -0.3 is 15.0 Å². The fraction of sp³-hybridized carbons (Fsp3) is 0.533. The minimum Gasteiger partial charge on any atom is -0.381 e. The number of rotatable bonds is 4. The molecule has 0 bridgehead atoms. The van der Waals surface area contributed by atoms with Gasteiger partial charge >= 0.3 is 6.03 Å². The first-order valence-corrected chi connectivity index (χ1v) is 7.38. The van der Waals surface area contributed by atoms with Crippen LogP contribution in [0.2, 0.25) is 5.02 Å². The van der Waals surface area contributed by atoms with Crippen LogP contribution in [0, 0.1) is 5.92 Å². The molecule has 1 saturated heterocycles. The molecular formula is C15H21ClN2O2. The van der Waals surface area contributed by atoms with Crippen molar-refractivity contribution in [1.29, 1.82) is 0 Å². The van der Waals surface area contributed by atoms with Crippen molar-refractivity contribution in [2.75, 3.05) is 32.1 Å². The van der Waals surface area contributed by atoms with Gasteiger partial charge in [-0.1, -0.05) is 17.7 Å². The van der Waals surface area contributed by atoms with Crippen molar-refractivity contribution in [1.82, 2.24) is 4.90 Å². The largest absolute Gasteiger partial charge is 0.381 e. The molecule has 1 fully saturated rings. The van der Waals surface area contributed by atoms with E-state index in [1.165, 1.54) is 0 Å². The molecule has 0 atom stereocenters. The third kappa shape index (κ3) is 4.69. The van der Waals surface area contributed by atoms with E-state index >= 15 is 0 Å². The summed E-state index contributed by atoms with van der Waals surface area (Å²) in [6.45, 7) is 2.46. The molecule has 0 unspecified atom stereocenters. The highest BCUT2D eigenvalue weighted by Gasteiger charge is 2.16. The maximum absolute atomic E-state index is 12.0. The summed E-state index contributed by atoms with van der Waals surface area (Å²) in [5, 5.41) is 3.47. The highest BCUT2D eigenvalue weighted by molar-refractivity contribution is 6.30. The van der Waals surface area contributed by atoms with Crippen LogP contribution >= 0.6 is 11.6 Å². The smallest absolute Gasteiger partial charge is 0.321 e. The number of urea groups is 1. The molecule has 4 nitrogen and oxygen atoms in total. The lowest BCUT2D eigenvalue weighted by Crippen LogP contribution is -2.33. The third-order valence-electron chi connectivity index (χ3n) is 3.64. The average molecular weight is 297 g/mol. The number of hydrogen-bond donors (Lipinski definition) is 1. The summed E-state index contributed by atoms with van der Waals surface area (Å²) in [5.74, 6) is 0.671. The molecule has 0 radical (unpaired) electrons. The quantitative estimate of drug-likeness (QED) is 0.922. The molecule has 1 N–H and O–H groups in total. The number of halogens is 1. The van der Waals surface area contributed by atoms with E-state index in [4.69, 9.17) is 16.3 Å². The molecule has 1 aromatic rings. The zero-order valence-corrected chi connectivity index (χ0v) is 12.5. The summed E-state index contributed by atoms with van der Waals surface area (Å²) in [6, 6.07) is 7.08. The predicted octanol–water partition coefficient (Wildman–Crippen LogP) is 3.62. The Hall–Kier alpha value is -1.26. The monoisotopic (exact) mass is 296 g/mol. The maximum Gasteiger partial charge on any atom is 0.321 e. The zero-order chi connectivity index (χ0) is 14.4. The second-order valence-corrected chi connectivity index (χ2v) is 5.64. The Labute approximate surface area is 125 Å². The number of nitrogens with one attached hydrogen (secondary N) is 1. The van der Waals surface area contributed by atoms with Crippen LogP contribution in [-0.2, 0) is 4.74 Å². The summed E-state index contributed by atoms with van der Waals surface area (Å²) in [7, 11) is 1.82. The van der Waals surface area contributed by atoms with Crippen LogP contribution in [-0.4, -0.2) is 37.7 Å². The Balaban J connectivity index is 1.76. The molecule has 2 rings (SSSR count). The number of benzene rings is 1. The van der Waals surface area contributed by atoms with Crippen molar-refractivity contribution < 1.29 is 9.53 Å². The van der Waals surface area contributed by atoms with Crippen LogP contribution in [0.15, 0.2) is 24.3 Å². The van der Waals surface area contributed by atoms with Gasteiger partial charge in [-0.05, 0) is 43.4 Å². The highest BCUT2D eigenvalue weighted by atomic mass is 35.5. The van der Waals surface area contributed by atoms with E-state index in [2.05, 4.69) is 5.32 Å². The van der Waals surface area contributed by atoms with Crippen molar-refractivity contribution in [3.8, 4) is 0 Å². The first-order chi connectivity index (χ1) is 9.65. The van der Waals surface area contributed by atoms with Crippen molar-refractivity contribution in [3.05, 3.63) is 29.3 Å². The maximum atomic E-state index is 12.0. The van der Waals surface area contributed by atoms with Crippen LogP contribution in [0.4, 0.5) is 10.5 Å². The van der Waals surface area contributed by atoms with Gasteiger partial charge in [0.25, 0.3) is 0 Å². The Morgan fingerprint density at radius 3 is 2.90 bits per heavy atom. The molecule has 1 aliphatic rings. The molecule has 1 aliphatic heterocycles. The molecule has 20 heavy (non-hydrogen) atoms. The van der Waals surface area contributed by atoms with Crippen LogP contribution in [0.1, 0.15) is 19.3 Å². The summed E-state index contributed by atoms with van der Waals surface area (Å²) in [6.07, 6.45) is 3.23. The van der Waals surface area contributed by atoms with Gasteiger partial charge in [0, 0.05) is 37.5 Å². The molecule has 110 valence electrons. The fourth-order valence-electron chi connectivity index (χ4n) is 2.30. The Bertz CT molecular complexity index is 447. The molecular weight excluding hydrogens is 276 g/mol. The number of carbonyl (C=O) groups excluding carboxylic acids is 1. The van der Waals surface area contributed by atoms with Crippen molar-refractivity contribution in [2.45, 2.75) is 19.3 Å². The first-order valence-electron chi connectivity index (χ1n) is 7.00. The van der Waals surface area contributed by atoms with Gasteiger partial charge in [-0.15, -0.1) is 0 Å². The SMILES string of the molecule is CN(CCC1CCOCC1)C(=O)Nc1cccc(Cl)c1. The van der Waals surface area contributed by atoms with Gasteiger partial charge in [-0.3, -0.25) is 0 Å². The second kappa shape index (κ2) is 7.50. The van der Waals surface area contributed by atoms with Crippen LogP contribution in [0.25, 0.3) is 0 Å².